The fourth-order valence-corrected chi connectivity index (χ4v) is 6.70. The molecule has 32 heavy (non-hydrogen) atoms. The summed E-state index contributed by atoms with van der Waals surface area (Å²) in [6, 6.07) is 18.6. The van der Waals surface area contributed by atoms with Crippen molar-refractivity contribution in [3.63, 3.8) is 0 Å². The van der Waals surface area contributed by atoms with E-state index >= 15 is 0 Å². The first-order valence-electron chi connectivity index (χ1n) is 9.72. The second kappa shape index (κ2) is 8.61. The van der Waals surface area contributed by atoms with Gasteiger partial charge in [-0.05, 0) is 48.2 Å². The van der Waals surface area contributed by atoms with Crippen molar-refractivity contribution in [3.05, 3.63) is 66.7 Å². The van der Waals surface area contributed by atoms with Crippen LogP contribution < -0.4 is 4.72 Å². The van der Waals surface area contributed by atoms with Gasteiger partial charge in [0.05, 0.1) is 16.1 Å². The number of rotatable bonds is 7. The van der Waals surface area contributed by atoms with Crippen molar-refractivity contribution >= 4 is 48.2 Å². The number of sulfone groups is 1. The van der Waals surface area contributed by atoms with E-state index in [-0.39, 0.29) is 9.79 Å². The van der Waals surface area contributed by atoms with Gasteiger partial charge in [-0.3, -0.25) is 9.82 Å². The molecule has 0 bridgehead atoms. The van der Waals surface area contributed by atoms with E-state index in [1.54, 1.807) is 30.0 Å². The molecule has 4 aromatic rings. The van der Waals surface area contributed by atoms with Crippen LogP contribution in [0.4, 0.5) is 5.69 Å². The number of nitrogens with one attached hydrogen (secondary N) is 2. The van der Waals surface area contributed by atoms with Gasteiger partial charge < -0.3 is 0 Å². The molecule has 1 heterocycles. The van der Waals surface area contributed by atoms with Crippen LogP contribution in [0.2, 0.25) is 0 Å². The molecule has 0 saturated heterocycles. The lowest BCUT2D eigenvalue weighted by molar-refractivity contribution is 0.588. The molecule has 0 atom stereocenters. The van der Waals surface area contributed by atoms with E-state index in [4.69, 9.17) is 0 Å². The fraction of sp³-hybridized carbons (Fsp3) is 0.136. The maximum atomic E-state index is 13.0. The van der Waals surface area contributed by atoms with Crippen LogP contribution in [0.3, 0.4) is 0 Å². The number of sulfonamides is 1. The third-order valence-electron chi connectivity index (χ3n) is 4.79. The Hall–Kier alpha value is -2.82. The first-order chi connectivity index (χ1) is 15.2. The van der Waals surface area contributed by atoms with Crippen molar-refractivity contribution in [2.24, 2.45) is 0 Å². The summed E-state index contributed by atoms with van der Waals surface area (Å²) in [6.45, 7) is 2.09. The highest BCUT2D eigenvalue weighted by Gasteiger charge is 2.24. The molecule has 1 aromatic heterocycles. The molecule has 0 saturated carbocycles. The summed E-state index contributed by atoms with van der Waals surface area (Å²) in [5, 5.41) is 8.11. The van der Waals surface area contributed by atoms with Gasteiger partial charge in [0.2, 0.25) is 0 Å². The van der Waals surface area contributed by atoms with Crippen molar-refractivity contribution in [3.8, 4) is 11.3 Å². The second-order valence-corrected chi connectivity index (χ2v) is 12.1. The Bertz CT molecular complexity index is 1490. The largest absolute Gasteiger partial charge is 0.280 e. The molecule has 0 aliphatic heterocycles. The first-order valence-corrected chi connectivity index (χ1v) is 14.1. The number of aromatic amines is 1. The molecule has 2 N–H and O–H groups in total. The maximum absolute atomic E-state index is 13.0. The monoisotopic (exact) mass is 487 g/mol. The zero-order valence-corrected chi connectivity index (χ0v) is 19.8. The topological polar surface area (TPSA) is 109 Å². The minimum Gasteiger partial charge on any atom is -0.280 e. The Balaban J connectivity index is 1.72. The van der Waals surface area contributed by atoms with Crippen LogP contribution in [-0.4, -0.2) is 39.0 Å². The van der Waals surface area contributed by atoms with E-state index in [1.807, 2.05) is 24.3 Å². The third kappa shape index (κ3) is 4.52. The van der Waals surface area contributed by atoms with Crippen LogP contribution in [0.1, 0.15) is 6.92 Å². The van der Waals surface area contributed by atoms with E-state index in [2.05, 4.69) is 21.8 Å². The number of benzene rings is 3. The summed E-state index contributed by atoms with van der Waals surface area (Å²) >= 11 is 1.75. The van der Waals surface area contributed by atoms with Crippen LogP contribution in [0.15, 0.2) is 81.4 Å². The molecule has 3 aromatic carbocycles. The summed E-state index contributed by atoms with van der Waals surface area (Å²) in [5.41, 5.74) is 2.66. The van der Waals surface area contributed by atoms with Gasteiger partial charge in [-0.25, -0.2) is 16.8 Å². The van der Waals surface area contributed by atoms with Gasteiger partial charge in [0.15, 0.2) is 9.84 Å². The summed E-state index contributed by atoms with van der Waals surface area (Å²) in [6.07, 6.45) is 0.982. The summed E-state index contributed by atoms with van der Waals surface area (Å²) in [7, 11) is -7.85. The summed E-state index contributed by atoms with van der Waals surface area (Å²) in [5.74, 6) is 0.983. The van der Waals surface area contributed by atoms with Gasteiger partial charge >= 0.3 is 0 Å². The minimum atomic E-state index is -4.13. The molecule has 0 aliphatic carbocycles. The van der Waals surface area contributed by atoms with Crippen molar-refractivity contribution < 1.29 is 16.8 Å². The highest BCUT2D eigenvalue weighted by molar-refractivity contribution is 7.99. The van der Waals surface area contributed by atoms with Crippen LogP contribution in [-0.2, 0) is 19.9 Å². The highest BCUT2D eigenvalue weighted by Crippen LogP contribution is 2.31. The van der Waals surface area contributed by atoms with Crippen molar-refractivity contribution in [1.82, 2.24) is 10.2 Å². The van der Waals surface area contributed by atoms with Gasteiger partial charge in [0.25, 0.3) is 10.0 Å². The van der Waals surface area contributed by atoms with Gasteiger partial charge in [0, 0.05) is 27.8 Å². The number of hydrogen-bond acceptors (Lipinski definition) is 6. The normalized spacial score (nSPS) is 12.2. The van der Waals surface area contributed by atoms with Crippen molar-refractivity contribution in [2.45, 2.75) is 21.6 Å². The van der Waals surface area contributed by atoms with Crippen LogP contribution >= 0.6 is 11.8 Å². The summed E-state index contributed by atoms with van der Waals surface area (Å²) in [4.78, 5) is 0.621. The Labute approximate surface area is 191 Å². The van der Waals surface area contributed by atoms with E-state index in [9.17, 15) is 16.8 Å². The Morgan fingerprint density at radius 3 is 2.28 bits per heavy atom. The predicted octanol–water partition coefficient (Wildman–Crippen LogP) is 4.55. The number of anilines is 1. The Morgan fingerprint density at radius 2 is 1.62 bits per heavy atom. The lowest BCUT2D eigenvalue weighted by atomic mass is 10.1. The number of H-pyrrole nitrogens is 1. The smallest absolute Gasteiger partial charge is 0.263 e. The molecule has 4 rings (SSSR count). The zero-order chi connectivity index (χ0) is 22.9. The van der Waals surface area contributed by atoms with Crippen LogP contribution in [0, 0.1) is 0 Å². The van der Waals surface area contributed by atoms with E-state index in [0.29, 0.717) is 11.4 Å². The maximum Gasteiger partial charge on any atom is 0.263 e. The lowest BCUT2D eigenvalue weighted by Gasteiger charge is -2.11. The number of hydrogen-bond donors (Lipinski definition) is 2. The van der Waals surface area contributed by atoms with E-state index in [0.717, 1.165) is 33.4 Å². The van der Waals surface area contributed by atoms with Crippen LogP contribution in [0.25, 0.3) is 22.2 Å². The number of aromatic nitrogens is 2. The zero-order valence-electron chi connectivity index (χ0n) is 17.4. The average Bonchev–Trinajstić information content (AvgIpc) is 3.17. The average molecular weight is 488 g/mol. The molecule has 7 nitrogen and oxygen atoms in total. The number of thioether (sulfide) groups is 1. The molecule has 0 amide bonds. The SMILES string of the molecule is CCSc1ccc(-c2n[nH]c3ccc(NS(=O)(=O)c4ccccc4S(C)(=O)=O)cc23)cc1. The fourth-order valence-electron chi connectivity index (χ4n) is 3.36. The number of fused-ring (bicyclic) bond motifs is 1. The minimum absolute atomic E-state index is 0.248. The molecule has 0 unspecified atom stereocenters. The standard InChI is InChI=1S/C22H21N3O4S3/c1-3-30-17-11-8-15(9-12-17)22-18-14-16(10-13-19(18)23-24-22)25-32(28,29)21-7-5-4-6-20(21)31(2,26)27/h4-14,25H,3H2,1-2H3,(H,23,24). The first kappa shape index (κ1) is 22.4. The second-order valence-electron chi connectivity index (χ2n) is 7.11. The quantitative estimate of drug-likeness (QED) is 0.370. The number of nitrogens with zero attached hydrogens (tertiary/aromatic N) is 1. The summed E-state index contributed by atoms with van der Waals surface area (Å²) < 4.78 is 52.6. The molecule has 10 heteroatoms. The Morgan fingerprint density at radius 1 is 0.938 bits per heavy atom. The molecule has 0 radical (unpaired) electrons. The van der Waals surface area contributed by atoms with Gasteiger partial charge in [-0.2, -0.15) is 5.10 Å². The molecule has 0 aliphatic rings. The molecular weight excluding hydrogens is 466 g/mol. The Kier molecular flexibility index (Phi) is 6.02. The highest BCUT2D eigenvalue weighted by atomic mass is 32.2. The van der Waals surface area contributed by atoms with E-state index in [1.165, 1.54) is 24.3 Å². The van der Waals surface area contributed by atoms with Gasteiger partial charge in [-0.15, -0.1) is 11.8 Å². The van der Waals surface area contributed by atoms with Crippen molar-refractivity contribution in [2.75, 3.05) is 16.7 Å². The third-order valence-corrected chi connectivity index (χ3v) is 8.41. The lowest BCUT2D eigenvalue weighted by Crippen LogP contribution is -2.16. The predicted molar refractivity (Wildman–Crippen MR) is 128 cm³/mol. The van der Waals surface area contributed by atoms with Gasteiger partial charge in [0.1, 0.15) is 4.90 Å². The van der Waals surface area contributed by atoms with E-state index < -0.39 is 19.9 Å². The van der Waals surface area contributed by atoms with Crippen molar-refractivity contribution in [1.29, 1.82) is 0 Å². The molecule has 0 fully saturated rings. The molecule has 166 valence electrons. The molecular formula is C22H21N3O4S3. The van der Waals surface area contributed by atoms with Crippen LogP contribution in [0.5, 0.6) is 0 Å². The van der Waals surface area contributed by atoms with Gasteiger partial charge in [-0.1, -0.05) is 31.2 Å². The molecule has 0 spiro atoms.